The molecule has 0 heterocycles. The molecule has 0 spiro atoms. The van der Waals surface area contributed by atoms with Gasteiger partial charge in [0.15, 0.2) is 11.6 Å². The van der Waals surface area contributed by atoms with Crippen molar-refractivity contribution < 1.29 is 13.9 Å². The first-order valence-electron chi connectivity index (χ1n) is 3.20. The number of hydrogen-bond donors (Lipinski definition) is 1. The van der Waals surface area contributed by atoms with E-state index in [1.807, 2.05) is 0 Å². The van der Waals surface area contributed by atoms with E-state index in [2.05, 4.69) is 0 Å². The van der Waals surface area contributed by atoms with Crippen molar-refractivity contribution in [1.82, 2.24) is 0 Å². The van der Waals surface area contributed by atoms with Crippen molar-refractivity contribution in [2.24, 2.45) is 0 Å². The van der Waals surface area contributed by atoms with Gasteiger partial charge in [-0.05, 0) is 17.7 Å². The molecule has 0 saturated carbocycles. The molecule has 0 unspecified atom stereocenters. The summed E-state index contributed by atoms with van der Waals surface area (Å²) in [7, 11) is 1.62. The highest BCUT2D eigenvalue weighted by molar-refractivity contribution is 6.33. The monoisotopic (exact) mass is 156 g/mol. The number of halogens is 2. The molecule has 58 valence electrons. The van der Waals surface area contributed by atoms with E-state index in [1.54, 1.807) is 7.85 Å². The molecule has 1 aromatic carbocycles. The van der Waals surface area contributed by atoms with Crippen LogP contribution in [0.5, 0.6) is 0 Å². The third kappa shape index (κ3) is 1.57. The van der Waals surface area contributed by atoms with Crippen molar-refractivity contribution in [3.05, 3.63) is 29.3 Å². The van der Waals surface area contributed by atoms with E-state index in [0.29, 0.717) is 11.0 Å². The molecule has 0 atom stereocenters. The average Bonchev–Trinajstić information content (AvgIpc) is 1.97. The molecule has 1 rings (SSSR count). The van der Waals surface area contributed by atoms with Crippen molar-refractivity contribution in [2.45, 2.75) is 6.61 Å². The van der Waals surface area contributed by atoms with Crippen LogP contribution in [0.4, 0.5) is 8.78 Å². The van der Waals surface area contributed by atoms with E-state index in [0.717, 1.165) is 12.1 Å². The second-order valence-corrected chi connectivity index (χ2v) is 2.35. The summed E-state index contributed by atoms with van der Waals surface area (Å²) in [5.74, 6) is -1.79. The summed E-state index contributed by atoms with van der Waals surface area (Å²) in [5, 5.41) is 8.64. The zero-order valence-corrected chi connectivity index (χ0v) is 6.06. The Kier molecular flexibility index (Phi) is 2.24. The van der Waals surface area contributed by atoms with Gasteiger partial charge in [0.2, 0.25) is 0 Å². The normalized spacial score (nSPS) is 10.1. The molecule has 0 aromatic heterocycles. The smallest absolute Gasteiger partial charge is 0.159 e. The molecular weight excluding hydrogens is 149 g/mol. The molecule has 1 N–H and O–H groups in total. The van der Waals surface area contributed by atoms with Crippen molar-refractivity contribution in [1.29, 1.82) is 0 Å². The van der Waals surface area contributed by atoms with Crippen molar-refractivity contribution in [3.8, 4) is 0 Å². The summed E-state index contributed by atoms with van der Waals surface area (Å²) in [6.07, 6.45) is 0. The van der Waals surface area contributed by atoms with E-state index >= 15 is 0 Å². The second-order valence-electron chi connectivity index (χ2n) is 2.35. The predicted molar refractivity (Wildman–Crippen MR) is 40.5 cm³/mol. The highest BCUT2D eigenvalue weighted by Crippen LogP contribution is 2.05. The van der Waals surface area contributed by atoms with Crippen LogP contribution in [0.1, 0.15) is 5.56 Å². The first-order valence-corrected chi connectivity index (χ1v) is 3.20. The lowest BCUT2D eigenvalue weighted by molar-refractivity contribution is 0.282. The molecular formula is C7H7BF2O. The number of rotatable bonds is 1. The van der Waals surface area contributed by atoms with Gasteiger partial charge in [0.25, 0.3) is 0 Å². The topological polar surface area (TPSA) is 20.2 Å². The molecule has 0 radical (unpaired) electrons. The molecule has 4 heteroatoms. The van der Waals surface area contributed by atoms with Crippen LogP contribution in [0.15, 0.2) is 12.1 Å². The van der Waals surface area contributed by atoms with Gasteiger partial charge in [0, 0.05) is 0 Å². The summed E-state index contributed by atoms with van der Waals surface area (Å²) in [4.78, 5) is 0. The minimum absolute atomic E-state index is 0.261. The molecule has 0 fully saturated rings. The molecule has 0 aliphatic rings. The first-order chi connectivity index (χ1) is 5.15. The largest absolute Gasteiger partial charge is 0.392 e. The van der Waals surface area contributed by atoms with Gasteiger partial charge in [0.05, 0.1) is 6.61 Å². The molecule has 0 bridgehead atoms. The Morgan fingerprint density at radius 1 is 1.27 bits per heavy atom. The third-order valence-corrected chi connectivity index (χ3v) is 1.55. The molecule has 0 saturated heterocycles. The first kappa shape index (κ1) is 8.20. The third-order valence-electron chi connectivity index (χ3n) is 1.55. The lowest BCUT2D eigenvalue weighted by Gasteiger charge is -2.02. The number of hydrogen-bond acceptors (Lipinski definition) is 1. The van der Waals surface area contributed by atoms with Crippen molar-refractivity contribution in [3.63, 3.8) is 0 Å². The summed E-state index contributed by atoms with van der Waals surface area (Å²) in [6.45, 7) is -0.261. The van der Waals surface area contributed by atoms with Gasteiger partial charge in [-0.3, -0.25) is 0 Å². The fourth-order valence-electron chi connectivity index (χ4n) is 0.858. The van der Waals surface area contributed by atoms with Gasteiger partial charge >= 0.3 is 0 Å². The Labute approximate surface area is 64.1 Å². The Morgan fingerprint density at radius 3 is 2.36 bits per heavy atom. The Hall–Kier alpha value is -0.895. The second kappa shape index (κ2) is 3.01. The van der Waals surface area contributed by atoms with Gasteiger partial charge in [-0.1, -0.05) is 5.46 Å². The lowest BCUT2D eigenvalue weighted by Crippen LogP contribution is -2.12. The Balaban J connectivity index is 3.21. The highest BCUT2D eigenvalue weighted by Gasteiger charge is 2.04. The summed E-state index contributed by atoms with van der Waals surface area (Å²) in [6, 6.07) is 2.07. The van der Waals surface area contributed by atoms with Crippen molar-refractivity contribution >= 4 is 13.3 Å². The predicted octanol–water partition coefficient (Wildman–Crippen LogP) is -0.284. The van der Waals surface area contributed by atoms with Crippen LogP contribution in [-0.2, 0) is 6.61 Å². The average molecular weight is 156 g/mol. The fourth-order valence-corrected chi connectivity index (χ4v) is 0.858. The fraction of sp³-hybridized carbons (Fsp3) is 0.143. The minimum Gasteiger partial charge on any atom is -0.392 e. The van der Waals surface area contributed by atoms with Crippen LogP contribution in [-0.4, -0.2) is 13.0 Å². The zero-order chi connectivity index (χ0) is 8.43. The van der Waals surface area contributed by atoms with E-state index in [9.17, 15) is 8.78 Å². The standard InChI is InChI=1S/C7H7BF2O/c8-5-2-7(10)6(9)1-4(5)3-11/h1-2,11H,3,8H2. The number of aliphatic hydroxyl groups is 1. The van der Waals surface area contributed by atoms with Crippen molar-refractivity contribution in [2.75, 3.05) is 0 Å². The van der Waals surface area contributed by atoms with Crippen LogP contribution < -0.4 is 5.46 Å². The quantitative estimate of drug-likeness (QED) is 0.554. The molecule has 1 nitrogen and oxygen atoms in total. The van der Waals surface area contributed by atoms with E-state index in [4.69, 9.17) is 5.11 Å². The molecule has 1 aromatic rings. The van der Waals surface area contributed by atoms with Gasteiger partial charge in [-0.25, -0.2) is 8.78 Å². The zero-order valence-electron chi connectivity index (χ0n) is 6.06. The summed E-state index contributed by atoms with van der Waals surface area (Å²) in [5.41, 5.74) is 0.982. The van der Waals surface area contributed by atoms with Gasteiger partial charge < -0.3 is 5.11 Å². The maximum absolute atomic E-state index is 12.5. The minimum atomic E-state index is -0.917. The Morgan fingerprint density at radius 2 is 1.82 bits per heavy atom. The number of aliphatic hydroxyl groups excluding tert-OH is 1. The molecule has 0 amide bonds. The van der Waals surface area contributed by atoms with E-state index < -0.39 is 11.6 Å². The van der Waals surface area contributed by atoms with Crippen LogP contribution in [0.25, 0.3) is 0 Å². The highest BCUT2D eigenvalue weighted by atomic mass is 19.2. The summed E-state index contributed by atoms with van der Waals surface area (Å²) >= 11 is 0. The lowest BCUT2D eigenvalue weighted by atomic mass is 9.91. The Bertz CT molecular complexity index is 275. The van der Waals surface area contributed by atoms with Gasteiger partial charge in [0.1, 0.15) is 7.85 Å². The molecule has 11 heavy (non-hydrogen) atoms. The van der Waals surface area contributed by atoms with Crippen LogP contribution in [0.2, 0.25) is 0 Å². The maximum Gasteiger partial charge on any atom is 0.159 e. The van der Waals surface area contributed by atoms with E-state index in [-0.39, 0.29) is 6.61 Å². The van der Waals surface area contributed by atoms with Crippen LogP contribution >= 0.6 is 0 Å². The molecule has 0 aliphatic carbocycles. The van der Waals surface area contributed by atoms with Crippen LogP contribution in [0, 0.1) is 11.6 Å². The SMILES string of the molecule is Bc1cc(F)c(F)cc1CO. The van der Waals surface area contributed by atoms with Crippen LogP contribution in [0.3, 0.4) is 0 Å². The van der Waals surface area contributed by atoms with Gasteiger partial charge in [-0.2, -0.15) is 0 Å². The number of benzene rings is 1. The van der Waals surface area contributed by atoms with Gasteiger partial charge in [-0.15, -0.1) is 0 Å². The summed E-state index contributed by atoms with van der Waals surface area (Å²) < 4.78 is 24.9. The maximum atomic E-state index is 12.5. The van der Waals surface area contributed by atoms with E-state index in [1.165, 1.54) is 0 Å². The molecule has 0 aliphatic heterocycles.